The minimum Gasteiger partial charge on any atom is -0.311 e. The van der Waals surface area contributed by atoms with Crippen LogP contribution < -0.4 is 5.32 Å². The normalized spacial score (nSPS) is 14.0. The summed E-state index contributed by atoms with van der Waals surface area (Å²) in [5, 5.41) is 3.26. The summed E-state index contributed by atoms with van der Waals surface area (Å²) in [6, 6.07) is 3.27. The Morgan fingerprint density at radius 1 is 1.35 bits per heavy atom. The van der Waals surface area contributed by atoms with E-state index in [0.29, 0.717) is 5.92 Å². The van der Waals surface area contributed by atoms with Gasteiger partial charge >= 0.3 is 0 Å². The van der Waals surface area contributed by atoms with Gasteiger partial charge < -0.3 is 5.32 Å². The molecule has 0 amide bonds. The SMILES string of the molecule is C=CCN(CC=C)CC(C)C(NC)c1ccc(F)cn1. The quantitative estimate of drug-likeness (QED) is 0.704. The van der Waals surface area contributed by atoms with Crippen LogP contribution in [0.15, 0.2) is 43.6 Å². The number of nitrogens with zero attached hydrogens (tertiary/aromatic N) is 2. The zero-order valence-corrected chi connectivity index (χ0v) is 12.3. The van der Waals surface area contributed by atoms with Gasteiger partial charge in [0.1, 0.15) is 5.82 Å². The van der Waals surface area contributed by atoms with Crippen LogP contribution >= 0.6 is 0 Å². The molecule has 0 spiro atoms. The average Bonchev–Trinajstić information content (AvgIpc) is 2.42. The van der Waals surface area contributed by atoms with E-state index >= 15 is 0 Å². The Labute approximate surface area is 121 Å². The second-order valence-corrected chi connectivity index (χ2v) is 4.94. The van der Waals surface area contributed by atoms with Gasteiger partial charge in [0.05, 0.1) is 17.9 Å². The van der Waals surface area contributed by atoms with Crippen molar-refractivity contribution in [2.75, 3.05) is 26.7 Å². The van der Waals surface area contributed by atoms with Crippen molar-refractivity contribution in [3.8, 4) is 0 Å². The summed E-state index contributed by atoms with van der Waals surface area (Å²) < 4.78 is 13.0. The Bertz CT molecular complexity index is 406. The van der Waals surface area contributed by atoms with Gasteiger partial charge in [-0.3, -0.25) is 9.88 Å². The summed E-state index contributed by atoms with van der Waals surface area (Å²) in [5.41, 5.74) is 0.860. The molecule has 20 heavy (non-hydrogen) atoms. The molecule has 0 saturated carbocycles. The third-order valence-electron chi connectivity index (χ3n) is 3.27. The number of halogens is 1. The van der Waals surface area contributed by atoms with Gasteiger partial charge in [-0.25, -0.2) is 4.39 Å². The Balaban J connectivity index is 2.74. The summed E-state index contributed by atoms with van der Waals surface area (Å²) in [5.74, 6) is 0.0223. The van der Waals surface area contributed by atoms with Crippen LogP contribution in [0.1, 0.15) is 18.7 Å². The molecule has 0 radical (unpaired) electrons. The monoisotopic (exact) mass is 277 g/mol. The van der Waals surface area contributed by atoms with Crippen LogP contribution in [0.3, 0.4) is 0 Å². The lowest BCUT2D eigenvalue weighted by Crippen LogP contribution is -2.35. The van der Waals surface area contributed by atoms with Crippen molar-refractivity contribution in [2.24, 2.45) is 5.92 Å². The molecular formula is C16H24FN3. The molecule has 1 aromatic heterocycles. The fourth-order valence-corrected chi connectivity index (χ4v) is 2.40. The Kier molecular flexibility index (Phi) is 7.12. The first-order chi connectivity index (χ1) is 9.62. The third kappa shape index (κ3) is 4.87. The number of pyridine rings is 1. The van der Waals surface area contributed by atoms with E-state index in [1.54, 1.807) is 6.07 Å². The summed E-state index contributed by atoms with van der Waals surface area (Å²) in [6.45, 7) is 12.3. The van der Waals surface area contributed by atoms with E-state index in [1.807, 2.05) is 19.2 Å². The van der Waals surface area contributed by atoms with Gasteiger partial charge in [-0.1, -0.05) is 19.1 Å². The Morgan fingerprint density at radius 3 is 2.45 bits per heavy atom. The lowest BCUT2D eigenvalue weighted by atomic mass is 9.97. The highest BCUT2D eigenvalue weighted by atomic mass is 19.1. The minimum absolute atomic E-state index is 0.0905. The van der Waals surface area contributed by atoms with Gasteiger partial charge in [0, 0.05) is 19.6 Å². The van der Waals surface area contributed by atoms with Crippen LogP contribution in [0, 0.1) is 11.7 Å². The van der Waals surface area contributed by atoms with E-state index in [0.717, 1.165) is 25.3 Å². The van der Waals surface area contributed by atoms with Crippen LogP contribution in [0.5, 0.6) is 0 Å². The molecule has 1 N–H and O–H groups in total. The van der Waals surface area contributed by atoms with Crippen molar-refractivity contribution in [3.05, 3.63) is 55.2 Å². The molecule has 0 fully saturated rings. The molecular weight excluding hydrogens is 253 g/mol. The lowest BCUT2D eigenvalue weighted by molar-refractivity contribution is 0.248. The maximum Gasteiger partial charge on any atom is 0.141 e. The van der Waals surface area contributed by atoms with E-state index in [9.17, 15) is 4.39 Å². The number of hydrogen-bond donors (Lipinski definition) is 1. The van der Waals surface area contributed by atoms with E-state index < -0.39 is 0 Å². The van der Waals surface area contributed by atoms with Crippen molar-refractivity contribution in [3.63, 3.8) is 0 Å². The first-order valence-corrected chi connectivity index (χ1v) is 6.85. The lowest BCUT2D eigenvalue weighted by Gasteiger charge is -2.28. The molecule has 0 aliphatic heterocycles. The maximum absolute atomic E-state index is 13.0. The second-order valence-electron chi connectivity index (χ2n) is 4.94. The molecule has 1 aromatic rings. The van der Waals surface area contributed by atoms with Gasteiger partial charge in [-0.05, 0) is 25.1 Å². The van der Waals surface area contributed by atoms with E-state index in [4.69, 9.17) is 0 Å². The summed E-state index contributed by atoms with van der Waals surface area (Å²) in [4.78, 5) is 6.44. The van der Waals surface area contributed by atoms with Crippen LogP contribution in [-0.4, -0.2) is 36.6 Å². The largest absolute Gasteiger partial charge is 0.311 e. The van der Waals surface area contributed by atoms with E-state index in [1.165, 1.54) is 12.3 Å². The predicted octanol–water partition coefficient (Wildman–Crippen LogP) is 2.79. The van der Waals surface area contributed by atoms with Crippen molar-refractivity contribution in [1.29, 1.82) is 0 Å². The molecule has 0 bridgehead atoms. The van der Waals surface area contributed by atoms with Gasteiger partial charge in [0.15, 0.2) is 0 Å². The predicted molar refractivity (Wildman–Crippen MR) is 82.0 cm³/mol. The Morgan fingerprint density at radius 2 is 2.00 bits per heavy atom. The first kappa shape index (κ1) is 16.5. The number of rotatable bonds is 9. The van der Waals surface area contributed by atoms with Gasteiger partial charge in [0.2, 0.25) is 0 Å². The molecule has 3 nitrogen and oxygen atoms in total. The molecule has 1 heterocycles. The van der Waals surface area contributed by atoms with Crippen molar-refractivity contribution in [1.82, 2.24) is 15.2 Å². The highest BCUT2D eigenvalue weighted by Crippen LogP contribution is 2.21. The zero-order chi connectivity index (χ0) is 15.0. The second kappa shape index (κ2) is 8.61. The molecule has 2 unspecified atom stereocenters. The molecule has 0 aromatic carbocycles. The van der Waals surface area contributed by atoms with Crippen LogP contribution in [0.25, 0.3) is 0 Å². The number of hydrogen-bond acceptors (Lipinski definition) is 3. The highest BCUT2D eigenvalue weighted by molar-refractivity contribution is 5.11. The first-order valence-electron chi connectivity index (χ1n) is 6.85. The number of aromatic nitrogens is 1. The standard InChI is InChI=1S/C16H24FN3/c1-5-9-20(10-6-2)12-13(3)16(18-4)15-8-7-14(17)11-19-15/h5-8,11,13,16,18H,1-2,9-10,12H2,3-4H3. The topological polar surface area (TPSA) is 28.2 Å². The average molecular weight is 277 g/mol. The van der Waals surface area contributed by atoms with Crippen LogP contribution in [0.2, 0.25) is 0 Å². The van der Waals surface area contributed by atoms with Crippen molar-refractivity contribution >= 4 is 0 Å². The van der Waals surface area contributed by atoms with E-state index in [-0.39, 0.29) is 11.9 Å². The molecule has 110 valence electrons. The summed E-state index contributed by atoms with van der Waals surface area (Å²) in [6.07, 6.45) is 5.04. The molecule has 0 aliphatic carbocycles. The zero-order valence-electron chi connectivity index (χ0n) is 12.3. The fourth-order valence-electron chi connectivity index (χ4n) is 2.40. The smallest absolute Gasteiger partial charge is 0.141 e. The molecule has 0 aliphatic rings. The van der Waals surface area contributed by atoms with Gasteiger partial charge in [0.25, 0.3) is 0 Å². The van der Waals surface area contributed by atoms with Gasteiger partial charge in [-0.15, -0.1) is 13.2 Å². The van der Waals surface area contributed by atoms with E-state index in [2.05, 4.69) is 35.3 Å². The molecule has 0 saturated heterocycles. The maximum atomic E-state index is 13.0. The summed E-state index contributed by atoms with van der Waals surface area (Å²) in [7, 11) is 1.90. The Hall–Kier alpha value is -1.52. The number of nitrogens with one attached hydrogen (secondary N) is 1. The van der Waals surface area contributed by atoms with Crippen LogP contribution in [-0.2, 0) is 0 Å². The molecule has 1 rings (SSSR count). The molecule has 2 atom stereocenters. The molecule has 4 heteroatoms. The van der Waals surface area contributed by atoms with Crippen molar-refractivity contribution < 1.29 is 4.39 Å². The van der Waals surface area contributed by atoms with Crippen LogP contribution in [0.4, 0.5) is 4.39 Å². The third-order valence-corrected chi connectivity index (χ3v) is 3.27. The highest BCUT2D eigenvalue weighted by Gasteiger charge is 2.20. The minimum atomic E-state index is -0.309. The fraction of sp³-hybridized carbons (Fsp3) is 0.438. The van der Waals surface area contributed by atoms with Crippen molar-refractivity contribution in [2.45, 2.75) is 13.0 Å². The van der Waals surface area contributed by atoms with Gasteiger partial charge in [-0.2, -0.15) is 0 Å². The summed E-state index contributed by atoms with van der Waals surface area (Å²) >= 11 is 0.